The van der Waals surface area contributed by atoms with Gasteiger partial charge in [-0.1, -0.05) is 206 Å². The third kappa shape index (κ3) is 26.9. The Kier molecular flexibility index (Phi) is 34.6. The van der Waals surface area contributed by atoms with Crippen LogP contribution in [0.1, 0.15) is 226 Å². The van der Waals surface area contributed by atoms with Crippen molar-refractivity contribution >= 4 is 5.91 Å². The molecule has 1 amide bonds. The number of carbonyl (C=O) groups is 1. The molecule has 0 saturated carbocycles. The molecule has 0 aromatic heterocycles. The first-order valence-electron chi connectivity index (χ1n) is 23.2. The molecule has 9 nitrogen and oxygen atoms in total. The van der Waals surface area contributed by atoms with Crippen LogP contribution in [0.5, 0.6) is 0 Å². The summed E-state index contributed by atoms with van der Waals surface area (Å²) in [7, 11) is 0. The Morgan fingerprint density at radius 2 is 0.926 bits per heavy atom. The van der Waals surface area contributed by atoms with Gasteiger partial charge in [-0.2, -0.15) is 0 Å². The van der Waals surface area contributed by atoms with Crippen LogP contribution in [0.25, 0.3) is 0 Å². The molecule has 0 aliphatic carbocycles. The lowest BCUT2D eigenvalue weighted by molar-refractivity contribution is -0.302. The van der Waals surface area contributed by atoms with Crippen LogP contribution < -0.4 is 5.32 Å². The highest BCUT2D eigenvalue weighted by Crippen LogP contribution is 2.23. The number of unbranched alkanes of at least 4 members (excludes halogenated alkanes) is 29. The van der Waals surface area contributed by atoms with Crippen LogP contribution in [0.15, 0.2) is 0 Å². The van der Waals surface area contributed by atoms with E-state index < -0.39 is 49.5 Å². The zero-order valence-electron chi connectivity index (χ0n) is 35.3. The molecule has 54 heavy (non-hydrogen) atoms. The smallest absolute Gasteiger partial charge is 0.220 e. The van der Waals surface area contributed by atoms with E-state index in [0.29, 0.717) is 12.8 Å². The van der Waals surface area contributed by atoms with E-state index >= 15 is 0 Å². The van der Waals surface area contributed by atoms with Gasteiger partial charge in [0.2, 0.25) is 5.91 Å². The van der Waals surface area contributed by atoms with E-state index in [2.05, 4.69) is 19.2 Å². The van der Waals surface area contributed by atoms with E-state index in [0.717, 1.165) is 38.5 Å². The lowest BCUT2D eigenvalue weighted by Crippen LogP contribution is -2.60. The normalized spacial score (nSPS) is 21.4. The van der Waals surface area contributed by atoms with Crippen LogP contribution in [0, 0.1) is 0 Å². The molecule has 322 valence electrons. The van der Waals surface area contributed by atoms with Gasteiger partial charge in [-0.25, -0.2) is 0 Å². The highest BCUT2D eigenvalue weighted by Gasteiger charge is 2.44. The summed E-state index contributed by atoms with van der Waals surface area (Å²) in [6.07, 6.45) is 32.5. The molecule has 0 bridgehead atoms. The second-order valence-corrected chi connectivity index (χ2v) is 16.6. The SMILES string of the molecule is CCCCCCCCCCCCCCCCCCCCCC(=O)N[C@@H](CO[C@@H]1O[C@H](CO)[C@@H](O)C(O)C1O)[C@H](O)CCCCCCCCCCCCCC. The molecule has 1 fully saturated rings. The molecule has 1 aliphatic heterocycles. The van der Waals surface area contributed by atoms with Gasteiger partial charge in [-0.15, -0.1) is 0 Å². The van der Waals surface area contributed by atoms with Gasteiger partial charge < -0.3 is 40.3 Å². The van der Waals surface area contributed by atoms with Gasteiger partial charge >= 0.3 is 0 Å². The van der Waals surface area contributed by atoms with E-state index in [1.165, 1.54) is 161 Å². The molecule has 1 rings (SSSR count). The third-order valence-electron chi connectivity index (χ3n) is 11.5. The van der Waals surface area contributed by atoms with Crippen molar-refractivity contribution in [2.24, 2.45) is 0 Å². The summed E-state index contributed by atoms with van der Waals surface area (Å²) in [6.45, 7) is 3.84. The minimum atomic E-state index is -1.55. The molecule has 1 heterocycles. The molecule has 9 heteroatoms. The molecule has 7 atom stereocenters. The number of amides is 1. The molecule has 2 unspecified atom stereocenters. The Labute approximate surface area is 332 Å². The van der Waals surface area contributed by atoms with E-state index in [9.17, 15) is 30.3 Å². The Morgan fingerprint density at radius 3 is 1.31 bits per heavy atom. The fourth-order valence-corrected chi connectivity index (χ4v) is 7.69. The van der Waals surface area contributed by atoms with Gasteiger partial charge in [0.25, 0.3) is 0 Å². The fourth-order valence-electron chi connectivity index (χ4n) is 7.69. The van der Waals surface area contributed by atoms with Gasteiger partial charge in [0.15, 0.2) is 6.29 Å². The fraction of sp³-hybridized carbons (Fsp3) is 0.978. The average molecular weight is 772 g/mol. The highest BCUT2D eigenvalue weighted by atomic mass is 16.7. The summed E-state index contributed by atoms with van der Waals surface area (Å²) in [5.74, 6) is -0.141. The molecule has 0 spiro atoms. The molecule has 0 aromatic carbocycles. The van der Waals surface area contributed by atoms with Crippen LogP contribution in [0.4, 0.5) is 0 Å². The number of carbonyl (C=O) groups excluding carboxylic acids is 1. The Balaban J connectivity index is 2.28. The van der Waals surface area contributed by atoms with Crippen molar-refractivity contribution in [1.29, 1.82) is 0 Å². The Hall–Kier alpha value is -0.810. The van der Waals surface area contributed by atoms with Crippen molar-refractivity contribution in [1.82, 2.24) is 5.32 Å². The van der Waals surface area contributed by atoms with Crippen LogP contribution in [0.3, 0.4) is 0 Å². The predicted molar refractivity (Wildman–Crippen MR) is 221 cm³/mol. The summed E-state index contributed by atoms with van der Waals surface area (Å²) >= 11 is 0. The van der Waals surface area contributed by atoms with Crippen molar-refractivity contribution in [3.8, 4) is 0 Å². The van der Waals surface area contributed by atoms with Crippen LogP contribution in [-0.2, 0) is 14.3 Å². The molecule has 0 radical (unpaired) electrons. The molecule has 0 aromatic rings. The van der Waals surface area contributed by atoms with Gasteiger partial charge in [-0.05, 0) is 12.8 Å². The van der Waals surface area contributed by atoms with Gasteiger partial charge in [0.05, 0.1) is 25.4 Å². The van der Waals surface area contributed by atoms with E-state index in [4.69, 9.17) is 9.47 Å². The number of hydrogen-bond acceptors (Lipinski definition) is 8. The first kappa shape index (κ1) is 51.2. The first-order chi connectivity index (χ1) is 26.3. The first-order valence-corrected chi connectivity index (χ1v) is 23.2. The lowest BCUT2D eigenvalue weighted by atomic mass is 9.99. The van der Waals surface area contributed by atoms with Crippen molar-refractivity contribution in [3.63, 3.8) is 0 Å². The highest BCUT2D eigenvalue weighted by molar-refractivity contribution is 5.76. The number of rotatable bonds is 39. The molecule has 6 N–H and O–H groups in total. The quantitative estimate of drug-likeness (QED) is 0.0339. The average Bonchev–Trinajstić information content (AvgIpc) is 3.17. The zero-order valence-corrected chi connectivity index (χ0v) is 35.3. The van der Waals surface area contributed by atoms with E-state index in [-0.39, 0.29) is 12.5 Å². The minimum Gasteiger partial charge on any atom is -0.394 e. The maximum absolute atomic E-state index is 13.0. The maximum atomic E-state index is 13.0. The maximum Gasteiger partial charge on any atom is 0.220 e. The van der Waals surface area contributed by atoms with Gasteiger partial charge in [0, 0.05) is 6.42 Å². The summed E-state index contributed by atoms with van der Waals surface area (Å²) in [5, 5.41) is 54.3. The lowest BCUT2D eigenvalue weighted by Gasteiger charge is -2.40. The predicted octanol–water partition coefficient (Wildman–Crippen LogP) is 9.56. The van der Waals surface area contributed by atoms with E-state index in [1.807, 2.05) is 0 Å². The molecule has 1 aliphatic rings. The number of hydrogen-bond donors (Lipinski definition) is 6. The van der Waals surface area contributed by atoms with Crippen molar-refractivity contribution in [2.75, 3.05) is 13.2 Å². The summed E-state index contributed by atoms with van der Waals surface area (Å²) < 4.78 is 11.2. The molecular formula is C45H89NO8. The van der Waals surface area contributed by atoms with Crippen LogP contribution in [0.2, 0.25) is 0 Å². The molecular weight excluding hydrogens is 682 g/mol. The van der Waals surface area contributed by atoms with Crippen LogP contribution in [-0.4, -0.2) is 87.5 Å². The monoisotopic (exact) mass is 772 g/mol. The number of nitrogens with one attached hydrogen (secondary N) is 1. The standard InChI is InChI=1S/C45H89NO8/c1-3-5-7-9-11-13-15-17-18-19-20-21-22-23-25-27-29-31-33-35-41(49)46-38(37-53-45-44(52)43(51)42(50)40(36-47)54-45)39(48)34-32-30-28-26-24-16-14-12-10-8-6-4-2/h38-40,42-45,47-48,50-52H,3-37H2,1-2H3,(H,46,49)/t38-,39+,40+,42+,43?,44?,45+/m0/s1. The van der Waals surface area contributed by atoms with Gasteiger partial charge in [0.1, 0.15) is 24.4 Å². The zero-order chi connectivity index (χ0) is 39.5. The largest absolute Gasteiger partial charge is 0.394 e. The second-order valence-electron chi connectivity index (χ2n) is 16.6. The van der Waals surface area contributed by atoms with E-state index in [1.54, 1.807) is 0 Å². The Morgan fingerprint density at radius 1 is 0.556 bits per heavy atom. The number of aliphatic hydroxyl groups excluding tert-OH is 5. The summed E-state index contributed by atoms with van der Waals surface area (Å²) in [6, 6.07) is -0.710. The van der Waals surface area contributed by atoms with Crippen molar-refractivity contribution in [2.45, 2.75) is 269 Å². The number of aliphatic hydroxyl groups is 5. The third-order valence-corrected chi connectivity index (χ3v) is 11.5. The Bertz CT molecular complexity index is 817. The van der Waals surface area contributed by atoms with Crippen LogP contribution >= 0.6 is 0 Å². The molecule has 1 saturated heterocycles. The second kappa shape index (κ2) is 36.5. The summed E-state index contributed by atoms with van der Waals surface area (Å²) in [5.41, 5.74) is 0. The summed E-state index contributed by atoms with van der Waals surface area (Å²) in [4.78, 5) is 13.0. The van der Waals surface area contributed by atoms with Crippen molar-refractivity contribution < 1.29 is 39.8 Å². The topological polar surface area (TPSA) is 149 Å². The van der Waals surface area contributed by atoms with Crippen molar-refractivity contribution in [3.05, 3.63) is 0 Å². The van der Waals surface area contributed by atoms with Gasteiger partial charge in [-0.3, -0.25) is 4.79 Å². The minimum absolute atomic E-state index is 0.132. The number of ether oxygens (including phenoxy) is 2.